The molecule has 4 bridgehead atoms. The summed E-state index contributed by atoms with van der Waals surface area (Å²) >= 11 is 0. The molecule has 0 unspecified atom stereocenters. The Labute approximate surface area is 358 Å². The number of nitrogens with zero attached hydrogens (tertiary/aromatic N) is 2. The summed E-state index contributed by atoms with van der Waals surface area (Å²) in [4.78, 5) is 63.4. The van der Waals surface area contributed by atoms with E-state index < -0.39 is 68.7 Å². The van der Waals surface area contributed by atoms with E-state index in [9.17, 15) is 22.8 Å². The number of hydrogen-bond acceptors (Lipinski definition) is 11. The zero-order chi connectivity index (χ0) is 43.1. The maximum Gasteiger partial charge on any atom is 0.407 e. The molecule has 8 rings (SSSR count). The Morgan fingerprint density at radius 1 is 1.02 bits per heavy atom. The van der Waals surface area contributed by atoms with Gasteiger partial charge in [-0.1, -0.05) is 39.2 Å². The number of rotatable bonds is 10. The van der Waals surface area contributed by atoms with Crippen LogP contribution in [0.2, 0.25) is 0 Å². The third-order valence-corrected chi connectivity index (χ3v) is 15.5. The predicted octanol–water partition coefficient (Wildman–Crippen LogP) is 5.62. The number of fused-ring (bicyclic) bond motifs is 3. The van der Waals surface area contributed by atoms with E-state index in [1.54, 1.807) is 13.2 Å². The summed E-state index contributed by atoms with van der Waals surface area (Å²) in [6.45, 7) is 8.05. The second-order valence-corrected chi connectivity index (χ2v) is 20.9. The van der Waals surface area contributed by atoms with Gasteiger partial charge < -0.3 is 34.5 Å². The second-order valence-electron chi connectivity index (χ2n) is 18.9. The Hall–Kier alpha value is -4.60. The van der Waals surface area contributed by atoms with Gasteiger partial charge in [0.05, 0.1) is 31.0 Å². The van der Waals surface area contributed by atoms with Crippen LogP contribution < -0.4 is 29.6 Å². The van der Waals surface area contributed by atoms with Crippen molar-refractivity contribution in [3.63, 3.8) is 0 Å². The molecule has 2 aliphatic heterocycles. The largest absolute Gasteiger partial charge is 0.496 e. The molecule has 4 amide bonds. The Morgan fingerprint density at radius 3 is 2.44 bits per heavy atom. The number of carbonyl (C=O) groups is 4. The van der Waals surface area contributed by atoms with Crippen molar-refractivity contribution in [2.75, 3.05) is 20.3 Å². The molecule has 15 nitrogen and oxygen atoms in total. The molecule has 6 aliphatic rings. The molecule has 0 spiro atoms. The van der Waals surface area contributed by atoms with Crippen LogP contribution in [0, 0.1) is 17.3 Å². The number of benzene rings is 1. The summed E-state index contributed by atoms with van der Waals surface area (Å²) in [6.07, 6.45) is 11.7. The van der Waals surface area contributed by atoms with E-state index in [1.807, 2.05) is 26.0 Å². The number of aryl methyl sites for hydroxylation is 1. The van der Waals surface area contributed by atoms with E-state index >= 15 is 4.79 Å². The molecular weight excluding hydrogens is 803 g/mol. The molecule has 61 heavy (non-hydrogen) atoms. The average Bonchev–Trinajstić information content (AvgIpc) is 4.12. The summed E-state index contributed by atoms with van der Waals surface area (Å²) < 4.78 is 52.9. The lowest BCUT2D eigenvalue weighted by Crippen LogP contribution is -2.59. The van der Waals surface area contributed by atoms with E-state index in [4.69, 9.17) is 23.9 Å². The number of sulfonamides is 1. The third kappa shape index (κ3) is 9.43. The van der Waals surface area contributed by atoms with Crippen LogP contribution in [0.5, 0.6) is 17.4 Å². The number of hydrogen-bond donors (Lipinski definition) is 3. The highest BCUT2D eigenvalue weighted by molar-refractivity contribution is 7.91. The van der Waals surface area contributed by atoms with Crippen LogP contribution in [0.4, 0.5) is 4.79 Å². The highest BCUT2D eigenvalue weighted by Crippen LogP contribution is 2.46. The summed E-state index contributed by atoms with van der Waals surface area (Å²) in [6, 6.07) is 3.60. The van der Waals surface area contributed by atoms with Gasteiger partial charge in [0.2, 0.25) is 27.7 Å². The van der Waals surface area contributed by atoms with Crippen molar-refractivity contribution in [3.8, 4) is 17.4 Å². The van der Waals surface area contributed by atoms with Gasteiger partial charge in [-0.3, -0.25) is 19.1 Å². The quantitative estimate of drug-likeness (QED) is 0.251. The number of carbonyl (C=O) groups excluding carboxylic acids is 4. The molecule has 1 aromatic carbocycles. The number of pyridine rings is 1. The smallest absolute Gasteiger partial charge is 0.407 e. The highest BCUT2D eigenvalue weighted by Gasteiger charge is 2.62. The Morgan fingerprint density at radius 2 is 1.75 bits per heavy atom. The number of ether oxygens (including phenoxy) is 4. The lowest BCUT2D eigenvalue weighted by atomic mass is 9.83. The van der Waals surface area contributed by atoms with Crippen molar-refractivity contribution >= 4 is 44.7 Å². The number of methoxy groups -OCH3 is 1. The molecule has 5 fully saturated rings. The Balaban J connectivity index is 1.17. The van der Waals surface area contributed by atoms with Gasteiger partial charge in [0.1, 0.15) is 41.3 Å². The van der Waals surface area contributed by atoms with Crippen LogP contribution in [0.3, 0.4) is 0 Å². The summed E-state index contributed by atoms with van der Waals surface area (Å²) in [7, 11) is -2.28. The standard InChI is InChI=1S/C45H61N5O10S/c1-5-29-24-45(29,42(53)49-61(55,56)32-17-18-32)48-40(51)35-21-31-25-50(35)41(52)39(27-12-7-6-8-13-27)47-43(54)58-26-44(2,3)19-11-14-28-20-33-34(22-36(28)57-4)46-38(23-37(33)59-31)60-30-15-9-10-16-30/h5,20,22-23,27,29-32,35,39H,1,6-19,21,24-26H2,2-4H3,(H,47,54)(H,48,51)(H,49,53)/t29-,31+,35-,39-,45+/m0/s1. The highest BCUT2D eigenvalue weighted by atomic mass is 32.2. The van der Waals surface area contributed by atoms with Gasteiger partial charge in [0.25, 0.3) is 5.91 Å². The van der Waals surface area contributed by atoms with E-state index in [2.05, 4.69) is 21.9 Å². The minimum atomic E-state index is -3.91. The lowest BCUT2D eigenvalue weighted by molar-refractivity contribution is -0.142. The minimum absolute atomic E-state index is 0.00428. The molecule has 1 aromatic heterocycles. The number of alkyl carbamates (subject to hydrolysis) is 1. The first-order chi connectivity index (χ1) is 29.2. The molecule has 332 valence electrons. The molecule has 0 radical (unpaired) electrons. The van der Waals surface area contributed by atoms with Crippen molar-refractivity contribution in [3.05, 3.63) is 36.4 Å². The van der Waals surface area contributed by atoms with Crippen molar-refractivity contribution < 1.29 is 46.5 Å². The molecule has 3 N–H and O–H groups in total. The number of aromatic nitrogens is 1. The van der Waals surface area contributed by atoms with Gasteiger partial charge in [0, 0.05) is 29.9 Å². The van der Waals surface area contributed by atoms with E-state index in [-0.39, 0.29) is 43.4 Å². The Bertz CT molecular complexity index is 2150. The molecule has 1 saturated heterocycles. The zero-order valence-corrected chi connectivity index (χ0v) is 36.5. The van der Waals surface area contributed by atoms with Crippen LogP contribution >= 0.6 is 0 Å². The molecular formula is C45H61N5O10S. The van der Waals surface area contributed by atoms with E-state index in [0.29, 0.717) is 55.0 Å². The van der Waals surface area contributed by atoms with Crippen molar-refractivity contribution in [2.24, 2.45) is 17.3 Å². The Kier molecular flexibility index (Phi) is 12.2. The maximum atomic E-state index is 15.0. The van der Waals surface area contributed by atoms with Crippen molar-refractivity contribution in [2.45, 2.75) is 152 Å². The van der Waals surface area contributed by atoms with Crippen LogP contribution in [0.15, 0.2) is 30.9 Å². The van der Waals surface area contributed by atoms with Gasteiger partial charge in [-0.2, -0.15) is 0 Å². The van der Waals surface area contributed by atoms with Gasteiger partial charge >= 0.3 is 6.09 Å². The van der Waals surface area contributed by atoms with E-state index in [1.165, 1.54) is 11.0 Å². The summed E-state index contributed by atoms with van der Waals surface area (Å²) in [5.41, 5.74) is -0.363. The first-order valence-electron chi connectivity index (χ1n) is 22.3. The first kappa shape index (κ1) is 43.1. The summed E-state index contributed by atoms with van der Waals surface area (Å²) in [5.74, 6) is -1.03. The monoisotopic (exact) mass is 863 g/mol. The molecule has 4 saturated carbocycles. The zero-order valence-electron chi connectivity index (χ0n) is 35.7. The normalized spacial score (nSPS) is 28.8. The first-order valence-corrected chi connectivity index (χ1v) is 23.8. The van der Waals surface area contributed by atoms with Crippen LogP contribution in [0.1, 0.15) is 116 Å². The van der Waals surface area contributed by atoms with Gasteiger partial charge in [-0.25, -0.2) is 18.2 Å². The third-order valence-electron chi connectivity index (χ3n) is 13.7. The average molecular weight is 864 g/mol. The summed E-state index contributed by atoms with van der Waals surface area (Å²) in [5, 5.41) is 5.90. The van der Waals surface area contributed by atoms with Crippen molar-refractivity contribution in [1.29, 1.82) is 0 Å². The second kappa shape index (κ2) is 17.3. The molecule has 16 heteroatoms. The van der Waals surface area contributed by atoms with Crippen LogP contribution in [0.25, 0.3) is 10.9 Å². The molecule has 2 aromatic rings. The SMILES string of the molecule is C=C[C@H]1C[C@]1(NC(=O)[C@@H]1C[C@@H]2CN1C(=O)[C@H](C1CCCCC1)NC(=O)OCC(C)(C)CCCc1cc3c(cc(OC4CCCC4)nc3cc1OC)O2)C(=O)NS(=O)(=O)C1CC1. The van der Waals surface area contributed by atoms with Crippen LogP contribution in [-0.2, 0) is 35.6 Å². The van der Waals surface area contributed by atoms with Gasteiger partial charge in [-0.05, 0) is 100 Å². The molecule has 5 atom stereocenters. The fourth-order valence-corrected chi connectivity index (χ4v) is 11.2. The van der Waals surface area contributed by atoms with Crippen LogP contribution in [-0.4, -0.2) is 97.5 Å². The van der Waals surface area contributed by atoms with Gasteiger partial charge in [0.15, 0.2) is 0 Å². The molecule has 4 aliphatic carbocycles. The minimum Gasteiger partial charge on any atom is -0.496 e. The number of cyclic esters (lactones) is 1. The molecule has 3 heterocycles. The predicted molar refractivity (Wildman–Crippen MR) is 227 cm³/mol. The topological polar surface area (TPSA) is 192 Å². The number of amides is 4. The fraction of sp³-hybridized carbons (Fsp3) is 0.667. The van der Waals surface area contributed by atoms with E-state index in [0.717, 1.165) is 68.7 Å². The maximum absolute atomic E-state index is 15.0. The fourth-order valence-electron chi connectivity index (χ4n) is 9.83. The number of nitrogens with one attached hydrogen (secondary N) is 3. The lowest BCUT2D eigenvalue weighted by Gasteiger charge is -2.35. The van der Waals surface area contributed by atoms with Crippen molar-refractivity contribution in [1.82, 2.24) is 25.2 Å². The van der Waals surface area contributed by atoms with Gasteiger partial charge in [-0.15, -0.1) is 6.58 Å².